The van der Waals surface area contributed by atoms with E-state index in [0.717, 1.165) is 11.8 Å². The van der Waals surface area contributed by atoms with E-state index in [2.05, 4.69) is 39.5 Å². The summed E-state index contributed by atoms with van der Waals surface area (Å²) in [5, 5.41) is 0.607. The van der Waals surface area contributed by atoms with Crippen LogP contribution in [0.2, 0.25) is 0 Å². The summed E-state index contributed by atoms with van der Waals surface area (Å²) in [5.41, 5.74) is 1.55. The first-order chi connectivity index (χ1) is 5.59. The van der Waals surface area contributed by atoms with Crippen LogP contribution in [-0.4, -0.2) is 5.25 Å². The Hall–Kier alpha value is 0.0900. The molecule has 0 nitrogen and oxygen atoms in total. The van der Waals surface area contributed by atoms with E-state index in [4.69, 9.17) is 0 Å². The Bertz CT molecular complexity index is 172. The third kappa shape index (κ3) is 2.85. The van der Waals surface area contributed by atoms with Gasteiger partial charge in [-0.2, -0.15) is 12.6 Å². The molecule has 0 saturated carbocycles. The highest BCUT2D eigenvalue weighted by Gasteiger charge is 2.17. The Kier molecular flexibility index (Phi) is 3.70. The topological polar surface area (TPSA) is 0 Å². The van der Waals surface area contributed by atoms with Crippen LogP contribution in [0.15, 0.2) is 11.6 Å². The maximum Gasteiger partial charge on any atom is 0.00457 e. The minimum absolute atomic E-state index is 0.607. The quantitative estimate of drug-likeness (QED) is 0.431. The molecule has 0 heterocycles. The molecule has 0 aromatic rings. The van der Waals surface area contributed by atoms with Crippen LogP contribution in [0.25, 0.3) is 0 Å². The van der Waals surface area contributed by atoms with Crippen LogP contribution in [0.1, 0.15) is 40.0 Å². The predicted molar refractivity (Wildman–Crippen MR) is 58.7 cm³/mol. The molecule has 0 aromatic heterocycles. The Morgan fingerprint density at radius 3 is 2.75 bits per heavy atom. The standard InChI is InChI=1S/C11H20S/c1-8-4-5-11(12)10(3)7-9(2)6-8/h6,9-12H,4-5,7H2,1-3H3/b8-6-. The van der Waals surface area contributed by atoms with Gasteiger partial charge < -0.3 is 0 Å². The van der Waals surface area contributed by atoms with Crippen molar-refractivity contribution in [2.75, 3.05) is 0 Å². The average molecular weight is 184 g/mol. The zero-order valence-corrected chi connectivity index (χ0v) is 9.27. The van der Waals surface area contributed by atoms with Crippen LogP contribution < -0.4 is 0 Å². The molecular formula is C11H20S. The molecule has 0 bridgehead atoms. The van der Waals surface area contributed by atoms with Crippen LogP contribution >= 0.6 is 12.6 Å². The minimum Gasteiger partial charge on any atom is -0.176 e. The van der Waals surface area contributed by atoms with Crippen LogP contribution in [0.5, 0.6) is 0 Å². The molecule has 12 heavy (non-hydrogen) atoms. The fraction of sp³-hybridized carbons (Fsp3) is 0.818. The van der Waals surface area contributed by atoms with E-state index in [9.17, 15) is 0 Å². The Labute approximate surface area is 81.8 Å². The zero-order chi connectivity index (χ0) is 9.14. The first-order valence-electron chi connectivity index (χ1n) is 4.95. The molecule has 1 rings (SSSR count). The second-order valence-corrected chi connectivity index (χ2v) is 4.97. The van der Waals surface area contributed by atoms with Gasteiger partial charge in [-0.15, -0.1) is 0 Å². The van der Waals surface area contributed by atoms with Crippen LogP contribution in [0.4, 0.5) is 0 Å². The van der Waals surface area contributed by atoms with E-state index in [0.29, 0.717) is 5.25 Å². The summed E-state index contributed by atoms with van der Waals surface area (Å²) in [6, 6.07) is 0. The van der Waals surface area contributed by atoms with Crippen LogP contribution in [0, 0.1) is 11.8 Å². The number of allylic oxidation sites excluding steroid dienone is 2. The summed E-state index contributed by atoms with van der Waals surface area (Å²) < 4.78 is 0. The van der Waals surface area contributed by atoms with Gasteiger partial charge in [-0.3, -0.25) is 0 Å². The lowest BCUT2D eigenvalue weighted by Crippen LogP contribution is -2.16. The molecule has 0 amide bonds. The van der Waals surface area contributed by atoms with E-state index in [-0.39, 0.29) is 0 Å². The van der Waals surface area contributed by atoms with Crippen molar-refractivity contribution in [3.8, 4) is 0 Å². The highest BCUT2D eigenvalue weighted by Crippen LogP contribution is 2.28. The second kappa shape index (κ2) is 4.36. The largest absolute Gasteiger partial charge is 0.176 e. The van der Waals surface area contributed by atoms with Gasteiger partial charge in [-0.05, 0) is 38.0 Å². The minimum atomic E-state index is 0.607. The van der Waals surface area contributed by atoms with Crippen LogP contribution in [-0.2, 0) is 0 Å². The van der Waals surface area contributed by atoms with Crippen molar-refractivity contribution in [3.05, 3.63) is 11.6 Å². The van der Waals surface area contributed by atoms with Gasteiger partial charge >= 0.3 is 0 Å². The van der Waals surface area contributed by atoms with E-state index in [1.54, 1.807) is 5.57 Å². The van der Waals surface area contributed by atoms with Gasteiger partial charge in [-0.1, -0.05) is 25.5 Å². The fourth-order valence-electron chi connectivity index (χ4n) is 2.04. The summed E-state index contributed by atoms with van der Waals surface area (Å²) in [6.45, 7) is 6.88. The number of hydrogen-bond acceptors (Lipinski definition) is 1. The van der Waals surface area contributed by atoms with Gasteiger partial charge in [0, 0.05) is 5.25 Å². The summed E-state index contributed by atoms with van der Waals surface area (Å²) in [7, 11) is 0. The van der Waals surface area contributed by atoms with Crippen molar-refractivity contribution in [2.45, 2.75) is 45.3 Å². The van der Waals surface area contributed by atoms with Crippen molar-refractivity contribution < 1.29 is 0 Å². The number of hydrogen-bond donors (Lipinski definition) is 1. The third-order valence-electron chi connectivity index (χ3n) is 2.80. The summed E-state index contributed by atoms with van der Waals surface area (Å²) in [5.74, 6) is 1.52. The molecule has 3 atom stereocenters. The molecule has 0 saturated heterocycles. The zero-order valence-electron chi connectivity index (χ0n) is 8.38. The summed E-state index contributed by atoms with van der Waals surface area (Å²) in [4.78, 5) is 0. The lowest BCUT2D eigenvalue weighted by molar-refractivity contribution is 0.427. The first kappa shape index (κ1) is 10.2. The monoisotopic (exact) mass is 184 g/mol. The Balaban J connectivity index is 2.62. The third-order valence-corrected chi connectivity index (χ3v) is 3.57. The molecule has 3 unspecified atom stereocenters. The molecule has 1 aliphatic rings. The predicted octanol–water partition coefficient (Wildman–Crippen LogP) is 3.69. The normalized spacial score (nSPS) is 42.7. The smallest absolute Gasteiger partial charge is 0.00457 e. The number of rotatable bonds is 0. The van der Waals surface area contributed by atoms with E-state index >= 15 is 0 Å². The molecule has 0 fully saturated rings. The summed E-state index contributed by atoms with van der Waals surface area (Å²) in [6.07, 6.45) is 6.21. The summed E-state index contributed by atoms with van der Waals surface area (Å²) >= 11 is 4.63. The van der Waals surface area contributed by atoms with Crippen molar-refractivity contribution >= 4 is 12.6 Å². The Morgan fingerprint density at radius 2 is 2.08 bits per heavy atom. The molecule has 0 aromatic carbocycles. The van der Waals surface area contributed by atoms with Gasteiger partial charge in [0.1, 0.15) is 0 Å². The number of thiol groups is 1. The molecule has 0 radical (unpaired) electrons. The molecule has 0 aliphatic heterocycles. The highest BCUT2D eigenvalue weighted by molar-refractivity contribution is 7.81. The molecule has 0 N–H and O–H groups in total. The van der Waals surface area contributed by atoms with Gasteiger partial charge in [0.15, 0.2) is 0 Å². The van der Waals surface area contributed by atoms with Crippen molar-refractivity contribution in [3.63, 3.8) is 0 Å². The van der Waals surface area contributed by atoms with E-state index in [1.165, 1.54) is 19.3 Å². The van der Waals surface area contributed by atoms with Crippen molar-refractivity contribution in [1.82, 2.24) is 0 Å². The van der Waals surface area contributed by atoms with Gasteiger partial charge in [0.05, 0.1) is 0 Å². The Morgan fingerprint density at radius 1 is 1.42 bits per heavy atom. The highest BCUT2D eigenvalue weighted by atomic mass is 32.1. The van der Waals surface area contributed by atoms with Gasteiger partial charge in [-0.25, -0.2) is 0 Å². The maximum absolute atomic E-state index is 4.63. The molecular weight excluding hydrogens is 164 g/mol. The molecule has 70 valence electrons. The van der Waals surface area contributed by atoms with Gasteiger partial charge in [0.25, 0.3) is 0 Å². The maximum atomic E-state index is 4.63. The second-order valence-electron chi connectivity index (χ2n) is 4.31. The molecule has 1 heteroatoms. The lowest BCUT2D eigenvalue weighted by atomic mass is 9.87. The average Bonchev–Trinajstić information content (AvgIpc) is 1.98. The SMILES string of the molecule is C/C1=C/C(C)CC(C)C(S)CC1. The first-order valence-corrected chi connectivity index (χ1v) is 5.46. The van der Waals surface area contributed by atoms with E-state index < -0.39 is 0 Å². The lowest BCUT2D eigenvalue weighted by Gasteiger charge is -2.24. The van der Waals surface area contributed by atoms with E-state index in [1.807, 2.05) is 0 Å². The molecule has 0 spiro atoms. The van der Waals surface area contributed by atoms with Crippen molar-refractivity contribution in [2.24, 2.45) is 11.8 Å². The van der Waals surface area contributed by atoms with Crippen molar-refractivity contribution in [1.29, 1.82) is 0 Å². The fourth-order valence-corrected chi connectivity index (χ4v) is 2.29. The van der Waals surface area contributed by atoms with Crippen LogP contribution in [0.3, 0.4) is 0 Å². The van der Waals surface area contributed by atoms with Gasteiger partial charge in [0.2, 0.25) is 0 Å². The molecule has 1 aliphatic carbocycles.